The second-order valence-corrected chi connectivity index (χ2v) is 3.33. The van der Waals surface area contributed by atoms with Crippen LogP contribution in [-0.4, -0.2) is 62.0 Å². The van der Waals surface area contributed by atoms with E-state index in [1.54, 1.807) is 0 Å². The zero-order valence-electron chi connectivity index (χ0n) is 11.4. The lowest BCUT2D eigenvalue weighted by molar-refractivity contribution is -0.191. The van der Waals surface area contributed by atoms with Gasteiger partial charge in [-0.3, -0.25) is 19.2 Å². The van der Waals surface area contributed by atoms with Crippen molar-refractivity contribution in [2.24, 2.45) is 0 Å². The maximum absolute atomic E-state index is 10.2. The number of carboxylic acids is 4. The smallest absolute Gasteiger partial charge is 0.373 e. The van der Waals surface area contributed by atoms with Gasteiger partial charge in [0.1, 0.15) is 0 Å². The van der Waals surface area contributed by atoms with Gasteiger partial charge in [-0.1, -0.05) is 0 Å². The first-order chi connectivity index (χ1) is 10.5. The molecule has 12 nitrogen and oxygen atoms in total. The molecule has 0 amide bonds. The molecule has 0 aliphatic rings. The average Bonchev–Trinajstić information content (AvgIpc) is 2.43. The molecule has 0 unspecified atom stereocenters. The Hall–Kier alpha value is -3.40. The zero-order chi connectivity index (χ0) is 19.0. The fraction of sp³-hybridized carbons (Fsp3) is 0.364. The van der Waals surface area contributed by atoms with Crippen LogP contribution in [0.4, 0.5) is 0 Å². The summed E-state index contributed by atoms with van der Waals surface area (Å²) in [7, 11) is 0. The summed E-state index contributed by atoms with van der Waals surface area (Å²) in [5.41, 5.74) is 0. The molecule has 0 aliphatic heterocycles. The Kier molecular flexibility index (Phi) is 16.0. The fourth-order valence-corrected chi connectivity index (χ4v) is 0.655. The molecule has 0 saturated heterocycles. The first-order valence-corrected chi connectivity index (χ1v) is 5.44. The lowest BCUT2D eigenvalue weighted by Crippen LogP contribution is -2.13. The van der Waals surface area contributed by atoms with Crippen molar-refractivity contribution in [3.05, 3.63) is 0 Å². The third-order valence-corrected chi connectivity index (χ3v) is 1.61. The number of Topliss-reactive ketones (excluding diaryl/α,β-unsaturated/α-hetero) is 2. The van der Waals surface area contributed by atoms with Gasteiger partial charge in [0.15, 0.2) is 0 Å². The van der Waals surface area contributed by atoms with Gasteiger partial charge in [0.2, 0.25) is 11.6 Å². The summed E-state index contributed by atoms with van der Waals surface area (Å²) in [6, 6.07) is 0. The van der Waals surface area contributed by atoms with Crippen molar-refractivity contribution < 1.29 is 58.8 Å². The van der Waals surface area contributed by atoms with Gasteiger partial charge in [0.05, 0.1) is 12.8 Å². The van der Waals surface area contributed by atoms with E-state index >= 15 is 0 Å². The van der Waals surface area contributed by atoms with E-state index in [1.807, 2.05) is 0 Å². The predicted octanol–water partition coefficient (Wildman–Crippen LogP) is -1.57. The van der Waals surface area contributed by atoms with Crippen molar-refractivity contribution in [2.45, 2.75) is 25.7 Å². The van der Waals surface area contributed by atoms with Gasteiger partial charge in [0.25, 0.3) is 0 Å². The minimum Gasteiger partial charge on any atom is -0.481 e. The fourth-order valence-electron chi connectivity index (χ4n) is 0.655. The molecule has 4 N–H and O–H groups in total. The lowest BCUT2D eigenvalue weighted by Gasteiger charge is -1.88. The molecule has 0 aromatic heterocycles. The van der Waals surface area contributed by atoms with E-state index in [0.717, 1.165) is 0 Å². The molecule has 12 heteroatoms. The first-order valence-electron chi connectivity index (χ1n) is 5.44. The minimum absolute atomic E-state index is 0.250. The summed E-state index contributed by atoms with van der Waals surface area (Å²) >= 11 is 0. The highest BCUT2D eigenvalue weighted by Gasteiger charge is 2.12. The normalized spacial score (nSPS) is 8.00. The zero-order valence-corrected chi connectivity index (χ0v) is 11.4. The molecule has 0 fully saturated rings. The highest BCUT2D eigenvalue weighted by atomic mass is 16.4. The van der Waals surface area contributed by atoms with E-state index in [0.29, 0.717) is 0 Å². The van der Waals surface area contributed by atoms with Crippen molar-refractivity contribution in [1.29, 1.82) is 0 Å². The number of carbonyl (C=O) groups is 6. The van der Waals surface area contributed by atoms with Crippen LogP contribution < -0.4 is 0 Å². The summed E-state index contributed by atoms with van der Waals surface area (Å²) in [5, 5.41) is 31.9. The van der Waals surface area contributed by atoms with E-state index in [9.17, 15) is 28.8 Å². The Bertz CT molecular complexity index is 457. The molecule has 0 aliphatic carbocycles. The molecule has 128 valence electrons. The van der Waals surface area contributed by atoms with E-state index < -0.39 is 61.1 Å². The molecular formula is C11H12O12. The molecule has 0 bridgehead atoms. The van der Waals surface area contributed by atoms with Crippen molar-refractivity contribution in [2.75, 3.05) is 0 Å². The quantitative estimate of drug-likeness (QED) is 0.369. The number of carboxylic acid groups (broad SMARTS) is 4. The van der Waals surface area contributed by atoms with Crippen LogP contribution in [0.25, 0.3) is 0 Å². The second kappa shape index (κ2) is 15.0. The summed E-state index contributed by atoms with van der Waals surface area (Å²) in [6.45, 7) is 0. The Morgan fingerprint density at radius 2 is 0.783 bits per heavy atom. The number of carbonyl (C=O) groups excluding carboxylic acids is 4. The summed E-state index contributed by atoms with van der Waals surface area (Å²) in [4.78, 5) is 75.7. The van der Waals surface area contributed by atoms with Crippen molar-refractivity contribution in [3.8, 4) is 0 Å². The van der Waals surface area contributed by atoms with Gasteiger partial charge in [-0.2, -0.15) is 9.59 Å². The van der Waals surface area contributed by atoms with Crippen LogP contribution in [0, 0.1) is 0 Å². The van der Waals surface area contributed by atoms with Crippen LogP contribution in [-0.2, 0) is 38.4 Å². The van der Waals surface area contributed by atoms with E-state index in [4.69, 9.17) is 30.0 Å². The monoisotopic (exact) mass is 336 g/mol. The van der Waals surface area contributed by atoms with Crippen molar-refractivity contribution in [3.63, 3.8) is 0 Å². The van der Waals surface area contributed by atoms with Crippen LogP contribution in [0.2, 0.25) is 0 Å². The highest BCUT2D eigenvalue weighted by molar-refractivity contribution is 6.33. The van der Waals surface area contributed by atoms with Gasteiger partial charge < -0.3 is 20.4 Å². The van der Waals surface area contributed by atoms with E-state index in [1.165, 1.54) is 0 Å². The summed E-state index contributed by atoms with van der Waals surface area (Å²) in [5.74, 6) is -7.64. The van der Waals surface area contributed by atoms with Gasteiger partial charge in [-0.15, -0.1) is 0 Å². The number of hydrogen-bond acceptors (Lipinski definition) is 8. The Morgan fingerprint density at radius 1 is 0.565 bits per heavy atom. The van der Waals surface area contributed by atoms with Crippen LogP contribution in [0.1, 0.15) is 25.7 Å². The predicted molar refractivity (Wildman–Crippen MR) is 64.0 cm³/mol. The first kappa shape index (κ1) is 24.6. The number of ketones is 2. The Balaban J connectivity index is -0.000000297. The molecule has 0 radical (unpaired) electrons. The third kappa shape index (κ3) is 24.0. The van der Waals surface area contributed by atoms with Gasteiger partial charge >= 0.3 is 30.0 Å². The topological polar surface area (TPSA) is 217 Å². The van der Waals surface area contributed by atoms with Crippen LogP contribution in [0.3, 0.4) is 0 Å². The summed E-state index contributed by atoms with van der Waals surface area (Å²) < 4.78 is 0. The van der Waals surface area contributed by atoms with Crippen LogP contribution in [0.5, 0.6) is 0 Å². The number of rotatable bonds is 8. The molecule has 0 rings (SSSR count). The number of hydrogen-bond donors (Lipinski definition) is 4. The van der Waals surface area contributed by atoms with Crippen molar-refractivity contribution in [1.82, 2.24) is 0 Å². The maximum Gasteiger partial charge on any atom is 0.373 e. The molecule has 23 heavy (non-hydrogen) atoms. The molecule has 0 aromatic carbocycles. The van der Waals surface area contributed by atoms with E-state index in [-0.39, 0.29) is 6.15 Å². The van der Waals surface area contributed by atoms with E-state index in [2.05, 4.69) is 0 Å². The molecule has 0 aromatic rings. The highest BCUT2D eigenvalue weighted by Crippen LogP contribution is 1.90. The standard InChI is InChI=1S/2C5H6O5.CO2/c2*6-3(5(9)10)1-2-4(7)8;2-1-3/h2*1-2H2,(H,7,8)(H,9,10);. The van der Waals surface area contributed by atoms with Gasteiger partial charge in [-0.25, -0.2) is 9.59 Å². The van der Waals surface area contributed by atoms with Crippen molar-refractivity contribution >= 4 is 41.6 Å². The minimum atomic E-state index is -1.58. The molecule has 0 atom stereocenters. The lowest BCUT2D eigenvalue weighted by atomic mass is 10.2. The SMILES string of the molecule is O=C(O)CCC(=O)C(=O)O.O=C(O)CCC(=O)C(=O)O.O=C=O. The molecular weight excluding hydrogens is 324 g/mol. The Labute approximate surface area is 127 Å². The largest absolute Gasteiger partial charge is 0.481 e. The van der Waals surface area contributed by atoms with Crippen LogP contribution >= 0.6 is 0 Å². The maximum atomic E-state index is 10.2. The molecule has 0 spiro atoms. The number of aliphatic carboxylic acids is 4. The Morgan fingerprint density at radius 3 is 0.913 bits per heavy atom. The third-order valence-electron chi connectivity index (χ3n) is 1.61. The van der Waals surface area contributed by atoms with Crippen LogP contribution in [0.15, 0.2) is 0 Å². The van der Waals surface area contributed by atoms with Gasteiger partial charge in [0, 0.05) is 12.8 Å². The summed E-state index contributed by atoms with van der Waals surface area (Å²) in [6.07, 6.45) is -1.48. The molecule has 0 heterocycles. The molecule has 0 saturated carbocycles. The average molecular weight is 336 g/mol. The van der Waals surface area contributed by atoms with Gasteiger partial charge in [-0.05, 0) is 0 Å². The second-order valence-electron chi connectivity index (χ2n) is 3.33.